The van der Waals surface area contributed by atoms with Crippen LogP contribution in [0.25, 0.3) is 0 Å². The summed E-state index contributed by atoms with van der Waals surface area (Å²) in [5.74, 6) is 0. The summed E-state index contributed by atoms with van der Waals surface area (Å²) in [5, 5.41) is 0. The third kappa shape index (κ3) is 1.87. The predicted molar refractivity (Wildman–Crippen MR) is 43.4 cm³/mol. The van der Waals surface area contributed by atoms with E-state index in [1.807, 2.05) is 0 Å². The number of hydrogen-bond acceptors (Lipinski definition) is 2. The van der Waals surface area contributed by atoms with Crippen LogP contribution in [0, 0.1) is 0 Å². The van der Waals surface area contributed by atoms with E-state index < -0.39 is 20.2 Å². The third-order valence-electron chi connectivity index (χ3n) is 1.11. The molecule has 0 spiro atoms. The van der Waals surface area contributed by atoms with Gasteiger partial charge < -0.3 is 0 Å². The van der Waals surface area contributed by atoms with Crippen LogP contribution in [0.3, 0.4) is 0 Å². The van der Waals surface area contributed by atoms with Gasteiger partial charge in [-0.15, -0.1) is 0 Å². The number of hydrogen-bond donors (Lipinski definition) is 0. The zero-order valence-electron chi connectivity index (χ0n) is 5.35. The molecule has 1 rings (SSSR count). The fourth-order valence-electron chi connectivity index (χ4n) is 0.704. The summed E-state index contributed by atoms with van der Waals surface area (Å²) < 4.78 is 6.70. The Kier molecular flexibility index (Phi) is 2.52. The Morgan fingerprint density at radius 3 is 2.75 bits per heavy atom. The standard InChI is InChI=1S/C5H12INO/c1-6-5-7(2)3-4-8-6/h3-5H2,1-2H3. The Hall–Kier alpha value is 0.650. The first-order valence-corrected chi connectivity index (χ1v) is 7.23. The Balaban J connectivity index is 2.23. The summed E-state index contributed by atoms with van der Waals surface area (Å²) in [4.78, 5) is 4.62. The Morgan fingerprint density at radius 1 is 1.62 bits per heavy atom. The second kappa shape index (κ2) is 2.98. The van der Waals surface area contributed by atoms with Crippen molar-refractivity contribution in [1.82, 2.24) is 4.90 Å². The van der Waals surface area contributed by atoms with E-state index in [9.17, 15) is 0 Å². The maximum absolute atomic E-state index is 5.46. The molecule has 0 radical (unpaired) electrons. The predicted octanol–water partition coefficient (Wildman–Crippen LogP) is 0.957. The summed E-state index contributed by atoms with van der Waals surface area (Å²) in [6, 6.07) is 0. The van der Waals surface area contributed by atoms with E-state index in [1.54, 1.807) is 0 Å². The molecule has 50 valence electrons. The fourth-order valence-corrected chi connectivity index (χ4v) is 3.83. The van der Waals surface area contributed by atoms with Gasteiger partial charge in [0.2, 0.25) is 0 Å². The van der Waals surface area contributed by atoms with Crippen LogP contribution in [-0.4, -0.2) is 34.6 Å². The quantitative estimate of drug-likeness (QED) is 0.348. The van der Waals surface area contributed by atoms with E-state index in [1.165, 1.54) is 4.55 Å². The van der Waals surface area contributed by atoms with Gasteiger partial charge in [0.05, 0.1) is 0 Å². The first-order chi connectivity index (χ1) is 3.79. The molecule has 0 amide bonds. The van der Waals surface area contributed by atoms with Crippen LogP contribution in [0.1, 0.15) is 0 Å². The van der Waals surface area contributed by atoms with E-state index in [-0.39, 0.29) is 0 Å². The molecule has 0 unspecified atom stereocenters. The SMILES string of the molecule is CN1CCOI(C)C1. The van der Waals surface area contributed by atoms with Gasteiger partial charge in [-0.1, -0.05) is 0 Å². The van der Waals surface area contributed by atoms with E-state index in [2.05, 4.69) is 16.9 Å². The molecule has 8 heavy (non-hydrogen) atoms. The summed E-state index contributed by atoms with van der Waals surface area (Å²) in [5.41, 5.74) is 0. The van der Waals surface area contributed by atoms with E-state index >= 15 is 0 Å². The molecule has 1 heterocycles. The van der Waals surface area contributed by atoms with E-state index in [0.717, 1.165) is 13.2 Å². The van der Waals surface area contributed by atoms with E-state index in [4.69, 9.17) is 3.07 Å². The molecule has 0 aliphatic carbocycles. The normalized spacial score (nSPS) is 28.5. The average Bonchev–Trinajstić information content (AvgIpc) is 1.64. The molecule has 0 aromatic heterocycles. The summed E-state index contributed by atoms with van der Waals surface area (Å²) in [7, 11) is 2.16. The van der Waals surface area contributed by atoms with Crippen LogP contribution < -0.4 is 0 Å². The summed E-state index contributed by atoms with van der Waals surface area (Å²) in [6.07, 6.45) is 0. The Bertz CT molecular complexity index is 70.8. The van der Waals surface area contributed by atoms with Crippen molar-refractivity contribution >= 4 is 20.2 Å². The molecule has 1 aliphatic heterocycles. The van der Waals surface area contributed by atoms with Gasteiger partial charge in [0, 0.05) is 0 Å². The first kappa shape index (κ1) is 6.77. The molecule has 0 atom stereocenters. The second-order valence-electron chi connectivity index (χ2n) is 2.04. The minimum atomic E-state index is -0.876. The minimum absolute atomic E-state index is 0.876. The molecule has 1 aliphatic rings. The van der Waals surface area contributed by atoms with Crippen LogP contribution >= 0.6 is 20.2 Å². The van der Waals surface area contributed by atoms with Crippen molar-refractivity contribution in [2.24, 2.45) is 0 Å². The number of halogens is 1. The number of alkyl halides is 2. The maximum atomic E-state index is 5.46. The van der Waals surface area contributed by atoms with Crippen molar-refractivity contribution in [2.45, 2.75) is 0 Å². The topological polar surface area (TPSA) is 12.5 Å². The monoisotopic (exact) mass is 229 g/mol. The molecule has 0 saturated carbocycles. The molecule has 2 nitrogen and oxygen atoms in total. The van der Waals surface area contributed by atoms with Gasteiger partial charge in [0.25, 0.3) is 0 Å². The van der Waals surface area contributed by atoms with Crippen molar-refractivity contribution in [3.63, 3.8) is 0 Å². The van der Waals surface area contributed by atoms with Gasteiger partial charge in [-0.3, -0.25) is 0 Å². The zero-order valence-corrected chi connectivity index (χ0v) is 7.51. The number of rotatable bonds is 0. The molecular weight excluding hydrogens is 217 g/mol. The van der Waals surface area contributed by atoms with Crippen LogP contribution in [0.2, 0.25) is 0 Å². The molecule has 0 bridgehead atoms. The molecule has 3 heteroatoms. The van der Waals surface area contributed by atoms with Crippen molar-refractivity contribution < 1.29 is 3.07 Å². The van der Waals surface area contributed by atoms with Crippen molar-refractivity contribution in [1.29, 1.82) is 0 Å². The first-order valence-electron chi connectivity index (χ1n) is 2.67. The zero-order chi connectivity index (χ0) is 5.98. The van der Waals surface area contributed by atoms with Crippen LogP contribution in [0.5, 0.6) is 0 Å². The Labute approximate surface area is 58.1 Å². The van der Waals surface area contributed by atoms with Crippen LogP contribution in [0.15, 0.2) is 0 Å². The van der Waals surface area contributed by atoms with Crippen molar-refractivity contribution in [2.75, 3.05) is 29.7 Å². The molecule has 0 aromatic rings. The van der Waals surface area contributed by atoms with Crippen LogP contribution in [0.4, 0.5) is 0 Å². The van der Waals surface area contributed by atoms with Gasteiger partial charge in [-0.25, -0.2) is 0 Å². The Morgan fingerprint density at radius 2 is 2.38 bits per heavy atom. The fraction of sp³-hybridized carbons (Fsp3) is 1.00. The molecule has 0 N–H and O–H groups in total. The summed E-state index contributed by atoms with van der Waals surface area (Å²) in [6.45, 7) is 2.10. The van der Waals surface area contributed by atoms with Gasteiger partial charge in [0.1, 0.15) is 0 Å². The van der Waals surface area contributed by atoms with Gasteiger partial charge in [0.15, 0.2) is 0 Å². The van der Waals surface area contributed by atoms with Gasteiger partial charge in [-0.2, -0.15) is 0 Å². The number of nitrogens with zero attached hydrogens (tertiary/aromatic N) is 1. The number of likely N-dealkylation sites (N-methyl/N-ethyl adjacent to an activating group) is 1. The van der Waals surface area contributed by atoms with Crippen molar-refractivity contribution in [3.8, 4) is 0 Å². The average molecular weight is 229 g/mol. The molecule has 0 aromatic carbocycles. The van der Waals surface area contributed by atoms with Gasteiger partial charge in [-0.05, 0) is 0 Å². The van der Waals surface area contributed by atoms with Crippen molar-refractivity contribution in [3.05, 3.63) is 0 Å². The molecular formula is C5H12INO. The van der Waals surface area contributed by atoms with Gasteiger partial charge >= 0.3 is 57.9 Å². The van der Waals surface area contributed by atoms with Crippen LogP contribution in [-0.2, 0) is 3.07 Å². The summed E-state index contributed by atoms with van der Waals surface area (Å²) >= 11 is -0.876. The molecule has 1 fully saturated rings. The third-order valence-corrected chi connectivity index (χ3v) is 4.74. The molecule has 1 saturated heterocycles. The van der Waals surface area contributed by atoms with E-state index in [0.29, 0.717) is 0 Å². The second-order valence-corrected chi connectivity index (χ2v) is 6.38.